The van der Waals surface area contributed by atoms with Crippen LogP contribution < -0.4 is 10.2 Å². The van der Waals surface area contributed by atoms with E-state index in [0.29, 0.717) is 6.54 Å². The molecular weight excluding hydrogens is 322 g/mol. The fourth-order valence-corrected chi connectivity index (χ4v) is 3.25. The number of hydrogen-bond donors (Lipinski definition) is 1. The van der Waals surface area contributed by atoms with Gasteiger partial charge in [0.2, 0.25) is 6.29 Å². The zero-order valence-electron chi connectivity index (χ0n) is 13.3. The average molecular weight is 337 g/mol. The number of anilines is 1. The summed E-state index contributed by atoms with van der Waals surface area (Å²) in [4.78, 5) is 39.4. The normalized spacial score (nSPS) is 17.7. The molecule has 25 heavy (non-hydrogen) atoms. The van der Waals surface area contributed by atoms with Gasteiger partial charge in [0.1, 0.15) is 6.10 Å². The molecular formula is C18H15N3O4. The maximum atomic E-state index is 12.1. The molecule has 126 valence electrons. The lowest BCUT2D eigenvalue weighted by molar-refractivity contribution is -0.131. The van der Waals surface area contributed by atoms with Crippen LogP contribution >= 0.6 is 0 Å². The fraction of sp³-hybridized carbons (Fsp3) is 0.222. The lowest BCUT2D eigenvalue weighted by Crippen LogP contribution is -2.35. The summed E-state index contributed by atoms with van der Waals surface area (Å²) in [5.41, 5.74) is 5.12. The van der Waals surface area contributed by atoms with Crippen molar-refractivity contribution in [3.05, 3.63) is 47.7 Å². The van der Waals surface area contributed by atoms with Gasteiger partial charge in [0, 0.05) is 23.9 Å². The van der Waals surface area contributed by atoms with Crippen molar-refractivity contribution in [2.75, 3.05) is 18.0 Å². The van der Waals surface area contributed by atoms with Gasteiger partial charge >= 0.3 is 6.09 Å². The first-order valence-corrected chi connectivity index (χ1v) is 7.94. The van der Waals surface area contributed by atoms with E-state index in [4.69, 9.17) is 4.74 Å². The van der Waals surface area contributed by atoms with E-state index in [9.17, 15) is 14.4 Å². The maximum Gasteiger partial charge on any atom is 0.414 e. The van der Waals surface area contributed by atoms with Crippen LogP contribution in [0.15, 0.2) is 36.5 Å². The first-order chi connectivity index (χ1) is 12.2. The summed E-state index contributed by atoms with van der Waals surface area (Å²) in [7, 11) is 0. The van der Waals surface area contributed by atoms with Gasteiger partial charge in [0.05, 0.1) is 18.8 Å². The van der Waals surface area contributed by atoms with Crippen molar-refractivity contribution in [1.29, 1.82) is 0 Å². The Labute approximate surface area is 143 Å². The van der Waals surface area contributed by atoms with Crippen LogP contribution in [0.4, 0.5) is 10.5 Å². The van der Waals surface area contributed by atoms with Crippen LogP contribution in [-0.2, 0) is 20.7 Å². The number of nitrogens with one attached hydrogen (secondary N) is 1. The summed E-state index contributed by atoms with van der Waals surface area (Å²) in [5.74, 6) is -0.725. The van der Waals surface area contributed by atoms with E-state index < -0.39 is 18.1 Å². The third kappa shape index (κ3) is 2.73. The quantitative estimate of drug-likeness (QED) is 0.572. The summed E-state index contributed by atoms with van der Waals surface area (Å²) in [6.07, 6.45) is 1.81. The molecule has 0 bridgehead atoms. The van der Waals surface area contributed by atoms with Crippen molar-refractivity contribution in [3.8, 4) is 11.3 Å². The number of benzene rings is 1. The first kappa shape index (κ1) is 15.3. The molecule has 4 rings (SSSR count). The zero-order valence-corrected chi connectivity index (χ0v) is 13.3. The Morgan fingerprint density at radius 1 is 1.36 bits per heavy atom. The molecule has 7 nitrogen and oxygen atoms in total. The molecule has 1 saturated heterocycles. The van der Waals surface area contributed by atoms with Crippen molar-refractivity contribution >= 4 is 24.0 Å². The largest absolute Gasteiger partial charge is 0.442 e. The standard InChI is InChI=1S/C18H15N3O4/c22-10-16(23)20-8-14-9-21(18(24)25-14)13-3-4-15-12(7-13)6-11-2-1-5-19-17(11)15/h1-5,7,10,14H,6,8-9H2,(H,20,23)/t14-/m0/s1. The molecule has 1 aromatic carbocycles. The predicted octanol–water partition coefficient (Wildman–Crippen LogP) is 1.29. The highest BCUT2D eigenvalue weighted by molar-refractivity contribution is 6.23. The maximum absolute atomic E-state index is 12.1. The van der Waals surface area contributed by atoms with E-state index in [1.165, 1.54) is 10.5 Å². The molecule has 2 amide bonds. The van der Waals surface area contributed by atoms with E-state index >= 15 is 0 Å². The number of aldehydes is 1. The van der Waals surface area contributed by atoms with Crippen molar-refractivity contribution in [3.63, 3.8) is 0 Å². The van der Waals surface area contributed by atoms with Crippen LogP contribution in [0.5, 0.6) is 0 Å². The number of carbonyl (C=O) groups excluding carboxylic acids is 3. The highest BCUT2D eigenvalue weighted by Gasteiger charge is 2.33. The van der Waals surface area contributed by atoms with E-state index in [-0.39, 0.29) is 12.8 Å². The third-order valence-electron chi connectivity index (χ3n) is 4.41. The minimum atomic E-state index is -0.725. The molecule has 2 aromatic rings. The number of hydrogen-bond acceptors (Lipinski definition) is 5. The van der Waals surface area contributed by atoms with Crippen molar-refractivity contribution in [1.82, 2.24) is 10.3 Å². The minimum absolute atomic E-state index is 0.111. The summed E-state index contributed by atoms with van der Waals surface area (Å²) in [6, 6.07) is 9.79. The van der Waals surface area contributed by atoms with Crippen LogP contribution in [0.3, 0.4) is 0 Å². The first-order valence-electron chi connectivity index (χ1n) is 7.94. The van der Waals surface area contributed by atoms with Crippen molar-refractivity contribution < 1.29 is 19.1 Å². The Hall–Kier alpha value is -3.22. The van der Waals surface area contributed by atoms with Gasteiger partial charge in [-0.3, -0.25) is 19.5 Å². The highest BCUT2D eigenvalue weighted by atomic mass is 16.6. The molecule has 1 aliphatic carbocycles. The second-order valence-corrected chi connectivity index (χ2v) is 6.01. The number of amides is 2. The highest BCUT2D eigenvalue weighted by Crippen LogP contribution is 2.37. The minimum Gasteiger partial charge on any atom is -0.442 e. The third-order valence-corrected chi connectivity index (χ3v) is 4.41. The molecule has 1 aromatic heterocycles. The van der Waals surface area contributed by atoms with Gasteiger partial charge in [0.25, 0.3) is 5.91 Å². The van der Waals surface area contributed by atoms with Gasteiger partial charge in [-0.15, -0.1) is 0 Å². The number of cyclic esters (lactones) is 1. The van der Waals surface area contributed by atoms with Crippen LogP contribution in [0.25, 0.3) is 11.3 Å². The van der Waals surface area contributed by atoms with Crippen LogP contribution in [-0.4, -0.2) is 42.5 Å². The SMILES string of the molecule is O=CC(=O)NC[C@H]1CN(c2ccc3c(c2)Cc2cccnc2-3)C(=O)O1. The average Bonchev–Trinajstić information content (AvgIpc) is 3.19. The molecule has 7 heteroatoms. The molecule has 0 saturated carbocycles. The van der Waals surface area contributed by atoms with E-state index in [2.05, 4.69) is 16.4 Å². The number of ether oxygens (including phenoxy) is 1. The summed E-state index contributed by atoms with van der Waals surface area (Å²) in [5, 5.41) is 2.40. The Morgan fingerprint density at radius 2 is 2.24 bits per heavy atom. The van der Waals surface area contributed by atoms with Gasteiger partial charge < -0.3 is 10.1 Å². The summed E-state index contributed by atoms with van der Waals surface area (Å²) >= 11 is 0. The topological polar surface area (TPSA) is 88.6 Å². The van der Waals surface area contributed by atoms with Crippen LogP contribution in [0.1, 0.15) is 11.1 Å². The van der Waals surface area contributed by atoms with Gasteiger partial charge in [-0.1, -0.05) is 12.1 Å². The van der Waals surface area contributed by atoms with E-state index in [1.54, 1.807) is 6.20 Å². The van der Waals surface area contributed by atoms with Crippen molar-refractivity contribution in [2.45, 2.75) is 12.5 Å². The predicted molar refractivity (Wildman–Crippen MR) is 89.2 cm³/mol. The van der Waals surface area contributed by atoms with Gasteiger partial charge in [0.15, 0.2) is 0 Å². The van der Waals surface area contributed by atoms with Gasteiger partial charge in [-0.25, -0.2) is 4.79 Å². The molecule has 0 unspecified atom stereocenters. The molecule has 1 atom stereocenters. The molecule has 1 fully saturated rings. The number of nitrogens with zero attached hydrogens (tertiary/aromatic N) is 2. The Balaban J connectivity index is 1.52. The molecule has 2 aliphatic rings. The summed E-state index contributed by atoms with van der Waals surface area (Å²) < 4.78 is 5.25. The molecule has 1 aliphatic heterocycles. The second kappa shape index (κ2) is 6.01. The number of pyridine rings is 1. The summed E-state index contributed by atoms with van der Waals surface area (Å²) in [6.45, 7) is 0.433. The molecule has 0 radical (unpaired) electrons. The van der Waals surface area contributed by atoms with Crippen LogP contribution in [0, 0.1) is 0 Å². The molecule has 1 N–H and O–H groups in total. The van der Waals surface area contributed by atoms with Crippen LogP contribution in [0.2, 0.25) is 0 Å². The smallest absolute Gasteiger partial charge is 0.414 e. The van der Waals surface area contributed by atoms with E-state index in [0.717, 1.165) is 28.9 Å². The fourth-order valence-electron chi connectivity index (χ4n) is 3.25. The van der Waals surface area contributed by atoms with E-state index in [1.807, 2.05) is 24.3 Å². The van der Waals surface area contributed by atoms with Crippen molar-refractivity contribution in [2.24, 2.45) is 0 Å². The monoisotopic (exact) mass is 337 g/mol. The number of aromatic nitrogens is 1. The lowest BCUT2D eigenvalue weighted by Gasteiger charge is -2.14. The lowest BCUT2D eigenvalue weighted by atomic mass is 10.1. The Morgan fingerprint density at radius 3 is 3.08 bits per heavy atom. The number of rotatable bonds is 4. The Bertz CT molecular complexity index is 880. The Kier molecular flexibility index (Phi) is 3.68. The zero-order chi connectivity index (χ0) is 17.4. The second-order valence-electron chi connectivity index (χ2n) is 6.01. The molecule has 0 spiro atoms. The number of carbonyl (C=O) groups is 3. The molecule has 2 heterocycles. The van der Waals surface area contributed by atoms with Gasteiger partial charge in [-0.2, -0.15) is 0 Å². The number of fused-ring (bicyclic) bond motifs is 3. The van der Waals surface area contributed by atoms with Gasteiger partial charge in [-0.05, 0) is 29.3 Å².